The molecule has 0 bridgehead atoms. The Morgan fingerprint density at radius 3 is 2.75 bits per heavy atom. The quantitative estimate of drug-likeness (QED) is 0.404. The van der Waals surface area contributed by atoms with E-state index in [1.807, 2.05) is 59.0 Å². The molecule has 7 heteroatoms. The molecule has 2 aromatic heterocycles. The highest BCUT2D eigenvalue weighted by molar-refractivity contribution is 7.08. The molecule has 1 atom stereocenters. The van der Waals surface area contributed by atoms with Crippen molar-refractivity contribution in [3.8, 4) is 0 Å². The van der Waals surface area contributed by atoms with E-state index in [2.05, 4.69) is 32.9 Å². The van der Waals surface area contributed by atoms with E-state index in [-0.39, 0.29) is 0 Å². The number of thiophene rings is 1. The molecule has 0 saturated carbocycles. The lowest BCUT2D eigenvalue weighted by Gasteiger charge is -2.24. The number of guanidine groups is 1. The summed E-state index contributed by atoms with van der Waals surface area (Å²) in [5, 5.41) is 25.5. The summed E-state index contributed by atoms with van der Waals surface area (Å²) >= 11 is 1.58. The smallest absolute Gasteiger partial charge is 0.191 e. The minimum absolute atomic E-state index is 0.378. The molecule has 2 heterocycles. The van der Waals surface area contributed by atoms with Gasteiger partial charge in [0.2, 0.25) is 0 Å². The summed E-state index contributed by atoms with van der Waals surface area (Å²) in [7, 11) is 0. The normalized spacial score (nSPS) is 13.9. The van der Waals surface area contributed by atoms with Crippen LogP contribution >= 0.6 is 11.3 Å². The molecule has 0 spiro atoms. The lowest BCUT2D eigenvalue weighted by molar-refractivity contribution is 0.0621. The van der Waals surface area contributed by atoms with Crippen molar-refractivity contribution in [3.63, 3.8) is 0 Å². The number of nitrogens with zero attached hydrogens (tertiary/aromatic N) is 3. The SMILES string of the molecule is CCNC(=NCc1cnn(Cc2ccccc2)c1)NCC(C)(O)c1ccsc1. The molecular formula is C21H27N5OS. The molecule has 0 radical (unpaired) electrons. The van der Waals surface area contributed by atoms with Crippen molar-refractivity contribution in [1.82, 2.24) is 20.4 Å². The van der Waals surface area contributed by atoms with Gasteiger partial charge < -0.3 is 15.7 Å². The van der Waals surface area contributed by atoms with Crippen LogP contribution in [0.5, 0.6) is 0 Å². The van der Waals surface area contributed by atoms with Crippen molar-refractivity contribution in [3.05, 3.63) is 76.2 Å². The largest absolute Gasteiger partial charge is 0.384 e. The van der Waals surface area contributed by atoms with Crippen LogP contribution in [0.1, 0.15) is 30.5 Å². The third kappa shape index (κ3) is 5.68. The fourth-order valence-corrected chi connectivity index (χ4v) is 3.57. The molecule has 3 aromatic rings. The highest BCUT2D eigenvalue weighted by Crippen LogP contribution is 2.21. The van der Waals surface area contributed by atoms with E-state index in [1.54, 1.807) is 18.3 Å². The minimum Gasteiger partial charge on any atom is -0.384 e. The van der Waals surface area contributed by atoms with Gasteiger partial charge in [-0.1, -0.05) is 30.3 Å². The van der Waals surface area contributed by atoms with Crippen LogP contribution in [0, 0.1) is 0 Å². The highest BCUT2D eigenvalue weighted by Gasteiger charge is 2.23. The summed E-state index contributed by atoms with van der Waals surface area (Å²) in [6.45, 7) is 6.21. The number of aromatic nitrogens is 2. The molecule has 28 heavy (non-hydrogen) atoms. The van der Waals surface area contributed by atoms with Crippen LogP contribution < -0.4 is 10.6 Å². The van der Waals surface area contributed by atoms with E-state index in [4.69, 9.17) is 0 Å². The summed E-state index contributed by atoms with van der Waals surface area (Å²) < 4.78 is 1.92. The molecule has 3 rings (SSSR count). The van der Waals surface area contributed by atoms with Crippen molar-refractivity contribution in [2.24, 2.45) is 4.99 Å². The van der Waals surface area contributed by atoms with Crippen molar-refractivity contribution < 1.29 is 5.11 Å². The van der Waals surface area contributed by atoms with Gasteiger partial charge in [-0.25, -0.2) is 4.99 Å². The predicted molar refractivity (Wildman–Crippen MR) is 114 cm³/mol. The van der Waals surface area contributed by atoms with Crippen LogP contribution in [0.25, 0.3) is 0 Å². The first-order valence-electron chi connectivity index (χ1n) is 9.39. The monoisotopic (exact) mass is 397 g/mol. The Balaban J connectivity index is 1.58. The van der Waals surface area contributed by atoms with E-state index in [9.17, 15) is 5.11 Å². The number of aliphatic imine (C=N–C) groups is 1. The summed E-state index contributed by atoms with van der Waals surface area (Å²) in [4.78, 5) is 4.62. The molecular weight excluding hydrogens is 370 g/mol. The second-order valence-corrected chi connectivity index (χ2v) is 7.65. The molecule has 6 nitrogen and oxygen atoms in total. The van der Waals surface area contributed by atoms with Gasteiger partial charge in [0.1, 0.15) is 5.60 Å². The maximum absolute atomic E-state index is 10.7. The van der Waals surface area contributed by atoms with Crippen molar-refractivity contribution in [1.29, 1.82) is 0 Å². The van der Waals surface area contributed by atoms with Crippen LogP contribution in [-0.2, 0) is 18.7 Å². The van der Waals surface area contributed by atoms with Gasteiger partial charge in [0.25, 0.3) is 0 Å². The Morgan fingerprint density at radius 1 is 1.21 bits per heavy atom. The van der Waals surface area contributed by atoms with E-state index in [1.165, 1.54) is 5.56 Å². The maximum Gasteiger partial charge on any atom is 0.191 e. The Morgan fingerprint density at radius 2 is 2.04 bits per heavy atom. The Bertz CT molecular complexity index is 871. The lowest BCUT2D eigenvalue weighted by atomic mass is 9.99. The first kappa shape index (κ1) is 20.1. The zero-order valence-corrected chi connectivity index (χ0v) is 17.1. The van der Waals surface area contributed by atoms with Crippen molar-refractivity contribution in [2.45, 2.75) is 32.5 Å². The number of nitrogens with one attached hydrogen (secondary N) is 2. The van der Waals surface area contributed by atoms with Crippen LogP contribution in [0.3, 0.4) is 0 Å². The minimum atomic E-state index is -0.948. The van der Waals surface area contributed by atoms with Gasteiger partial charge in [0.05, 0.1) is 25.8 Å². The van der Waals surface area contributed by atoms with Crippen LogP contribution in [0.15, 0.2) is 64.5 Å². The fraction of sp³-hybridized carbons (Fsp3) is 0.333. The molecule has 148 valence electrons. The first-order valence-corrected chi connectivity index (χ1v) is 10.3. The highest BCUT2D eigenvalue weighted by atomic mass is 32.1. The van der Waals surface area contributed by atoms with Gasteiger partial charge in [0, 0.05) is 18.3 Å². The second kappa shape index (κ2) is 9.52. The molecule has 1 unspecified atom stereocenters. The molecule has 3 N–H and O–H groups in total. The molecule has 0 fully saturated rings. The van der Waals surface area contributed by atoms with E-state index in [0.717, 1.165) is 24.2 Å². The van der Waals surface area contributed by atoms with Gasteiger partial charge in [0.15, 0.2) is 5.96 Å². The summed E-state index contributed by atoms with van der Waals surface area (Å²) in [6.07, 6.45) is 3.86. The summed E-state index contributed by atoms with van der Waals surface area (Å²) in [5.41, 5.74) is 2.21. The molecule has 0 amide bonds. The van der Waals surface area contributed by atoms with Crippen molar-refractivity contribution >= 4 is 17.3 Å². The van der Waals surface area contributed by atoms with Gasteiger partial charge in [-0.05, 0) is 41.8 Å². The Kier molecular flexibility index (Phi) is 6.84. The fourth-order valence-electron chi connectivity index (χ4n) is 2.79. The Hall–Kier alpha value is -2.64. The predicted octanol–water partition coefficient (Wildman–Crippen LogP) is 2.96. The molecule has 0 aliphatic rings. The number of benzene rings is 1. The topological polar surface area (TPSA) is 74.5 Å². The van der Waals surface area contributed by atoms with Crippen LogP contribution in [0.4, 0.5) is 0 Å². The maximum atomic E-state index is 10.7. The molecule has 0 aliphatic carbocycles. The van der Waals surface area contributed by atoms with E-state index < -0.39 is 5.60 Å². The van der Waals surface area contributed by atoms with Crippen LogP contribution in [0.2, 0.25) is 0 Å². The number of hydrogen-bond donors (Lipinski definition) is 3. The average molecular weight is 398 g/mol. The molecule has 0 saturated heterocycles. The molecule has 1 aromatic carbocycles. The average Bonchev–Trinajstić information content (AvgIpc) is 3.37. The van der Waals surface area contributed by atoms with Gasteiger partial charge in [-0.2, -0.15) is 16.4 Å². The van der Waals surface area contributed by atoms with E-state index >= 15 is 0 Å². The summed E-state index contributed by atoms with van der Waals surface area (Å²) in [6, 6.07) is 12.2. The summed E-state index contributed by atoms with van der Waals surface area (Å²) in [5.74, 6) is 0.675. The van der Waals surface area contributed by atoms with Crippen molar-refractivity contribution in [2.75, 3.05) is 13.1 Å². The standard InChI is InChI=1S/C21H27N5OS/c1-3-22-20(24-16-21(2,27)19-9-10-28-15-19)23-11-18-12-25-26(14-18)13-17-7-5-4-6-8-17/h4-10,12,14-15,27H,3,11,13,16H2,1-2H3,(H2,22,23,24). The zero-order chi connectivity index (χ0) is 19.8. The van der Waals surface area contributed by atoms with Gasteiger partial charge >= 0.3 is 0 Å². The third-order valence-electron chi connectivity index (χ3n) is 4.38. The number of hydrogen-bond acceptors (Lipinski definition) is 4. The van der Waals surface area contributed by atoms with E-state index in [0.29, 0.717) is 19.0 Å². The number of aliphatic hydroxyl groups is 1. The lowest BCUT2D eigenvalue weighted by Crippen LogP contribution is -2.44. The second-order valence-electron chi connectivity index (χ2n) is 6.87. The first-order chi connectivity index (χ1) is 13.6. The molecule has 0 aliphatic heterocycles. The number of rotatable bonds is 8. The van der Waals surface area contributed by atoms with Crippen LogP contribution in [-0.4, -0.2) is 33.9 Å². The van der Waals surface area contributed by atoms with Gasteiger partial charge in [-0.3, -0.25) is 4.68 Å². The third-order valence-corrected chi connectivity index (χ3v) is 5.06. The van der Waals surface area contributed by atoms with Gasteiger partial charge in [-0.15, -0.1) is 0 Å². The Labute approximate surface area is 170 Å². The zero-order valence-electron chi connectivity index (χ0n) is 16.3.